The van der Waals surface area contributed by atoms with E-state index in [2.05, 4.69) is 10.2 Å². The van der Waals surface area contributed by atoms with Crippen LogP contribution in [0.4, 0.5) is 5.69 Å². The van der Waals surface area contributed by atoms with Gasteiger partial charge in [-0.3, -0.25) is 33.6 Å². The number of ether oxygens (including phenoxy) is 1. The number of fused-ring (bicyclic) bond motifs is 1. The van der Waals surface area contributed by atoms with E-state index in [-0.39, 0.29) is 41.9 Å². The molecule has 0 saturated carbocycles. The number of carbonyl (C=O) groups excluding carboxylic acids is 4. The van der Waals surface area contributed by atoms with Crippen LogP contribution >= 0.6 is 0 Å². The maximum atomic E-state index is 14.5. The zero-order valence-corrected chi connectivity index (χ0v) is 31.3. The van der Waals surface area contributed by atoms with Crippen LogP contribution in [-0.2, 0) is 31.0 Å². The van der Waals surface area contributed by atoms with Gasteiger partial charge in [-0.1, -0.05) is 51.1 Å². The molecule has 4 aliphatic heterocycles. The fourth-order valence-electron chi connectivity index (χ4n) is 8.77. The molecule has 4 saturated heterocycles. The summed E-state index contributed by atoms with van der Waals surface area (Å²) in [5, 5.41) is 2.37. The van der Waals surface area contributed by atoms with Gasteiger partial charge in [0.15, 0.2) is 0 Å². The van der Waals surface area contributed by atoms with Crippen molar-refractivity contribution in [3.8, 4) is 0 Å². The number of carbonyl (C=O) groups is 4. The molecular weight excluding hydrogens is 674 g/mol. The van der Waals surface area contributed by atoms with Gasteiger partial charge in [-0.05, 0) is 73.1 Å². The zero-order chi connectivity index (χ0) is 37.6. The van der Waals surface area contributed by atoms with Gasteiger partial charge in [0, 0.05) is 45.3 Å². The first-order valence-corrected chi connectivity index (χ1v) is 19.1. The summed E-state index contributed by atoms with van der Waals surface area (Å²) in [6.07, 6.45) is 3.78. The number of imide groups is 1. The Kier molecular flexibility index (Phi) is 10.2. The Bertz CT molecular complexity index is 1920. The third kappa shape index (κ3) is 7.25. The van der Waals surface area contributed by atoms with Crippen molar-refractivity contribution < 1.29 is 23.9 Å². The molecule has 1 unspecified atom stereocenters. The summed E-state index contributed by atoms with van der Waals surface area (Å²) in [7, 11) is 1.71. The number of nitrogens with one attached hydrogen (secondary N) is 1. The Morgan fingerprint density at radius 3 is 2.38 bits per heavy atom. The fourth-order valence-corrected chi connectivity index (χ4v) is 8.77. The molecule has 5 atom stereocenters. The summed E-state index contributed by atoms with van der Waals surface area (Å²) in [6, 6.07) is 13.9. The summed E-state index contributed by atoms with van der Waals surface area (Å²) < 4.78 is 9.17. The first-order valence-electron chi connectivity index (χ1n) is 19.1. The van der Waals surface area contributed by atoms with E-state index in [9.17, 15) is 24.0 Å². The van der Waals surface area contributed by atoms with Crippen molar-refractivity contribution in [2.24, 2.45) is 30.0 Å². The number of hydrogen-bond acceptors (Lipinski definition) is 8. The number of piperidine rings is 2. The number of nitrogens with two attached hydrogens (primary N) is 1. The molecule has 0 spiro atoms. The summed E-state index contributed by atoms with van der Waals surface area (Å²) >= 11 is 0. The van der Waals surface area contributed by atoms with Gasteiger partial charge < -0.3 is 25.2 Å². The molecule has 4 amide bonds. The van der Waals surface area contributed by atoms with E-state index in [1.165, 1.54) is 4.57 Å². The smallest absolute Gasteiger partial charge is 0.329 e. The maximum Gasteiger partial charge on any atom is 0.329 e. The molecule has 13 nitrogen and oxygen atoms in total. The van der Waals surface area contributed by atoms with Crippen LogP contribution in [0, 0.1) is 17.3 Å². The molecule has 5 heterocycles. The Hall–Kier alpha value is -4.49. The Labute approximate surface area is 310 Å². The molecule has 53 heavy (non-hydrogen) atoms. The molecule has 4 fully saturated rings. The van der Waals surface area contributed by atoms with Gasteiger partial charge in [0.25, 0.3) is 0 Å². The third-order valence-corrected chi connectivity index (χ3v) is 12.0. The van der Waals surface area contributed by atoms with Crippen molar-refractivity contribution in [1.82, 2.24) is 24.3 Å². The lowest BCUT2D eigenvalue weighted by Crippen LogP contribution is -2.58. The van der Waals surface area contributed by atoms with Gasteiger partial charge in [0.2, 0.25) is 23.6 Å². The first kappa shape index (κ1) is 36.9. The van der Waals surface area contributed by atoms with Crippen LogP contribution in [0.5, 0.6) is 0 Å². The third-order valence-electron chi connectivity index (χ3n) is 12.0. The number of likely N-dealkylation sites (tertiary alicyclic amines) is 1. The lowest BCUT2D eigenvalue weighted by Gasteiger charge is -2.40. The van der Waals surface area contributed by atoms with Gasteiger partial charge in [-0.25, -0.2) is 4.79 Å². The zero-order valence-electron chi connectivity index (χ0n) is 31.3. The molecule has 7 rings (SSSR count). The average Bonchev–Trinajstić information content (AvgIpc) is 3.68. The lowest BCUT2D eigenvalue weighted by atomic mass is 9.82. The van der Waals surface area contributed by atoms with Gasteiger partial charge in [-0.2, -0.15) is 0 Å². The van der Waals surface area contributed by atoms with Crippen molar-refractivity contribution >= 4 is 40.3 Å². The molecule has 0 radical (unpaired) electrons. The number of nitrogens with zero attached hydrogens (tertiary/aromatic N) is 5. The largest absolute Gasteiger partial charge is 0.371 e. The molecule has 0 aliphatic carbocycles. The number of hydrogen-bond donors (Lipinski definition) is 2. The highest BCUT2D eigenvalue weighted by molar-refractivity contribution is 6.00. The van der Waals surface area contributed by atoms with E-state index in [4.69, 9.17) is 10.5 Å². The Balaban J connectivity index is 1.05. The number of amides is 4. The van der Waals surface area contributed by atoms with Crippen LogP contribution in [-0.4, -0.2) is 94.0 Å². The van der Waals surface area contributed by atoms with Gasteiger partial charge in [0.05, 0.1) is 30.2 Å². The van der Waals surface area contributed by atoms with Gasteiger partial charge >= 0.3 is 5.69 Å². The minimum atomic E-state index is -0.722. The van der Waals surface area contributed by atoms with E-state index >= 15 is 0 Å². The second-order valence-electron chi connectivity index (χ2n) is 16.4. The van der Waals surface area contributed by atoms with Crippen LogP contribution < -0.4 is 21.6 Å². The monoisotopic (exact) mass is 727 g/mol. The normalized spacial score (nSPS) is 25.2. The summed E-state index contributed by atoms with van der Waals surface area (Å²) in [6.45, 7) is 9.44. The summed E-state index contributed by atoms with van der Waals surface area (Å²) in [5.41, 5.74) is 9.26. The molecule has 284 valence electrons. The number of anilines is 1. The van der Waals surface area contributed by atoms with Crippen LogP contribution in [0.2, 0.25) is 0 Å². The molecule has 2 aromatic carbocycles. The Morgan fingerprint density at radius 2 is 1.68 bits per heavy atom. The van der Waals surface area contributed by atoms with E-state index in [1.54, 1.807) is 16.5 Å². The standard InChI is InChI=1S/C40H53N7O6/c1-40(2,3)35(41)38(51)46-19-16-27(34(46)37(50)45-20-21-53-32(24-45)26-8-6-5-7-9-26)22-25-14-17-44(18-15-25)28-10-11-29-31(23-28)43(4)39(52)47(29)30-12-13-33(48)42-36(30)49/h5-11,23,25,27,30,32,34-35H,12-22,24,41H2,1-4H3,(H,42,48,49)/t27-,30?,32-,34-,35+/m0/s1. The van der Waals surface area contributed by atoms with Crippen molar-refractivity contribution in [2.75, 3.05) is 44.2 Å². The second kappa shape index (κ2) is 14.7. The van der Waals surface area contributed by atoms with E-state index in [0.717, 1.165) is 55.5 Å². The lowest BCUT2D eigenvalue weighted by molar-refractivity contribution is -0.151. The minimum absolute atomic E-state index is 0.00761. The molecular formula is C40H53N7O6. The van der Waals surface area contributed by atoms with Crippen molar-refractivity contribution in [1.29, 1.82) is 0 Å². The van der Waals surface area contributed by atoms with Crippen LogP contribution in [0.15, 0.2) is 53.3 Å². The summed E-state index contributed by atoms with van der Waals surface area (Å²) in [5.74, 6) is -0.500. The fraction of sp³-hybridized carbons (Fsp3) is 0.575. The van der Waals surface area contributed by atoms with Crippen molar-refractivity contribution in [3.63, 3.8) is 0 Å². The number of imidazole rings is 1. The number of aromatic nitrogens is 2. The number of aryl methyl sites for hydroxylation is 1. The molecule has 1 aromatic heterocycles. The molecule has 3 aromatic rings. The van der Waals surface area contributed by atoms with Gasteiger partial charge in [-0.15, -0.1) is 0 Å². The predicted octanol–water partition coefficient (Wildman–Crippen LogP) is 3.11. The predicted molar refractivity (Wildman–Crippen MR) is 201 cm³/mol. The highest BCUT2D eigenvalue weighted by Crippen LogP contribution is 2.38. The number of morpholine rings is 1. The SMILES string of the molecule is Cn1c(=O)n(C2CCC(=O)NC2=O)c2ccc(N3CCC(C[C@@H]4CCN(C(=O)[C@@H](N)C(C)(C)C)[C@@H]4C(=O)N4CCO[C@H](c5ccccc5)C4)CC3)cc21. The summed E-state index contributed by atoms with van der Waals surface area (Å²) in [4.78, 5) is 72.1. The number of benzene rings is 2. The number of rotatable bonds is 7. The van der Waals surface area contributed by atoms with E-state index in [1.807, 2.05) is 74.2 Å². The topological polar surface area (TPSA) is 152 Å². The highest BCUT2D eigenvalue weighted by Gasteiger charge is 2.47. The van der Waals surface area contributed by atoms with Crippen molar-refractivity contribution in [3.05, 3.63) is 64.6 Å². The maximum absolute atomic E-state index is 14.5. The average molecular weight is 728 g/mol. The first-order chi connectivity index (χ1) is 25.3. The second-order valence-corrected chi connectivity index (χ2v) is 16.4. The van der Waals surface area contributed by atoms with Crippen LogP contribution in [0.3, 0.4) is 0 Å². The molecule has 0 bridgehead atoms. The molecule has 3 N–H and O–H groups in total. The van der Waals surface area contributed by atoms with Crippen LogP contribution in [0.25, 0.3) is 11.0 Å². The molecule has 4 aliphatic rings. The highest BCUT2D eigenvalue weighted by atomic mass is 16.5. The molecule has 13 heteroatoms. The van der Waals surface area contributed by atoms with E-state index in [0.29, 0.717) is 44.1 Å². The quantitative estimate of drug-likeness (QED) is 0.353. The Morgan fingerprint density at radius 1 is 0.943 bits per heavy atom. The van der Waals surface area contributed by atoms with Crippen LogP contribution in [0.1, 0.15) is 77.0 Å². The van der Waals surface area contributed by atoms with Gasteiger partial charge in [0.1, 0.15) is 18.2 Å². The van der Waals surface area contributed by atoms with E-state index < -0.39 is 29.4 Å². The minimum Gasteiger partial charge on any atom is -0.371 e. The van der Waals surface area contributed by atoms with Crippen molar-refractivity contribution in [2.45, 2.75) is 83.5 Å².